The monoisotopic (exact) mass is 324 g/mol. The van der Waals surface area contributed by atoms with E-state index in [1.165, 1.54) is 11.3 Å². The number of benzene rings is 1. The van der Waals surface area contributed by atoms with Crippen molar-refractivity contribution in [3.63, 3.8) is 0 Å². The number of thiophene rings is 1. The summed E-state index contributed by atoms with van der Waals surface area (Å²) in [6, 6.07) is 9.03. The second kappa shape index (κ2) is 5.79. The summed E-state index contributed by atoms with van der Waals surface area (Å²) < 4.78 is 27.3. The molecular weight excluding hydrogens is 304 g/mol. The van der Waals surface area contributed by atoms with Crippen LogP contribution >= 0.6 is 11.3 Å². The van der Waals surface area contributed by atoms with Crippen molar-refractivity contribution in [3.05, 3.63) is 46.2 Å². The average molecular weight is 324 g/mol. The van der Waals surface area contributed by atoms with Gasteiger partial charge >= 0.3 is 0 Å². The van der Waals surface area contributed by atoms with Crippen LogP contribution in [0.3, 0.4) is 0 Å². The fourth-order valence-electron chi connectivity index (χ4n) is 1.97. The molecule has 0 atom stereocenters. The van der Waals surface area contributed by atoms with Crippen LogP contribution in [-0.4, -0.2) is 8.42 Å². The molecule has 0 saturated carbocycles. The van der Waals surface area contributed by atoms with Gasteiger partial charge in [0, 0.05) is 17.1 Å². The molecule has 6 heteroatoms. The zero-order valence-electron chi connectivity index (χ0n) is 12.4. The Balaban J connectivity index is 2.25. The second-order valence-corrected chi connectivity index (χ2v) is 8.50. The van der Waals surface area contributed by atoms with E-state index in [-0.39, 0.29) is 16.9 Å². The van der Waals surface area contributed by atoms with Crippen LogP contribution in [0.25, 0.3) is 0 Å². The molecule has 21 heavy (non-hydrogen) atoms. The number of hydrogen-bond donors (Lipinski definition) is 2. The Morgan fingerprint density at radius 1 is 1.14 bits per heavy atom. The summed E-state index contributed by atoms with van der Waals surface area (Å²) >= 11 is 1.35. The number of nitrogens with one attached hydrogen (secondary N) is 1. The standard InChI is InChI=1S/C15H20N2O2S2/c1-15(2,3)11-4-6-12(7-5-11)17-21(18,19)14-8-9-20-13(14)10-16/h4-9,17H,10,16H2,1-3H3. The van der Waals surface area contributed by atoms with Gasteiger partial charge in [0.2, 0.25) is 0 Å². The smallest absolute Gasteiger partial charge is 0.263 e. The average Bonchev–Trinajstić information content (AvgIpc) is 2.87. The van der Waals surface area contributed by atoms with E-state index in [0.29, 0.717) is 10.6 Å². The third-order valence-electron chi connectivity index (χ3n) is 3.18. The fraction of sp³-hybridized carbons (Fsp3) is 0.333. The van der Waals surface area contributed by atoms with Gasteiger partial charge in [-0.05, 0) is 34.6 Å². The first kappa shape index (κ1) is 16.0. The lowest BCUT2D eigenvalue weighted by atomic mass is 9.87. The molecule has 0 bridgehead atoms. The van der Waals surface area contributed by atoms with Crippen LogP contribution in [0.15, 0.2) is 40.6 Å². The van der Waals surface area contributed by atoms with E-state index in [0.717, 1.165) is 5.56 Å². The van der Waals surface area contributed by atoms with Gasteiger partial charge in [0.05, 0.1) is 0 Å². The summed E-state index contributed by atoms with van der Waals surface area (Å²) in [6.45, 7) is 6.57. The van der Waals surface area contributed by atoms with Crippen LogP contribution < -0.4 is 10.5 Å². The van der Waals surface area contributed by atoms with Gasteiger partial charge in [-0.2, -0.15) is 0 Å². The van der Waals surface area contributed by atoms with Gasteiger partial charge in [0.1, 0.15) is 4.90 Å². The zero-order valence-corrected chi connectivity index (χ0v) is 14.0. The first-order chi connectivity index (χ1) is 9.74. The van der Waals surface area contributed by atoms with E-state index < -0.39 is 10.0 Å². The molecule has 0 radical (unpaired) electrons. The van der Waals surface area contributed by atoms with Gasteiger partial charge < -0.3 is 5.73 Å². The van der Waals surface area contributed by atoms with Crippen molar-refractivity contribution in [2.24, 2.45) is 5.73 Å². The van der Waals surface area contributed by atoms with Crippen LogP contribution in [0.1, 0.15) is 31.2 Å². The lowest BCUT2D eigenvalue weighted by molar-refractivity contribution is 0.590. The summed E-state index contributed by atoms with van der Waals surface area (Å²) in [7, 11) is -3.58. The molecule has 2 aromatic rings. The van der Waals surface area contributed by atoms with Crippen molar-refractivity contribution in [2.45, 2.75) is 37.6 Å². The molecule has 4 nitrogen and oxygen atoms in total. The Hall–Kier alpha value is -1.37. The van der Waals surface area contributed by atoms with E-state index in [1.807, 2.05) is 12.1 Å². The maximum Gasteiger partial charge on any atom is 0.263 e. The van der Waals surface area contributed by atoms with Gasteiger partial charge in [-0.1, -0.05) is 32.9 Å². The van der Waals surface area contributed by atoms with Crippen molar-refractivity contribution in [1.82, 2.24) is 0 Å². The largest absolute Gasteiger partial charge is 0.326 e. The molecule has 1 aromatic carbocycles. The minimum absolute atomic E-state index is 0.0392. The quantitative estimate of drug-likeness (QED) is 0.906. The number of sulfonamides is 1. The molecule has 0 amide bonds. The Morgan fingerprint density at radius 3 is 2.29 bits per heavy atom. The number of hydrogen-bond acceptors (Lipinski definition) is 4. The summed E-state index contributed by atoms with van der Waals surface area (Å²) in [5, 5.41) is 1.74. The number of rotatable bonds is 4. The Morgan fingerprint density at radius 2 is 1.76 bits per heavy atom. The van der Waals surface area contributed by atoms with E-state index in [2.05, 4.69) is 25.5 Å². The van der Waals surface area contributed by atoms with Gasteiger partial charge in [0.15, 0.2) is 0 Å². The van der Waals surface area contributed by atoms with Crippen LogP contribution in [0.5, 0.6) is 0 Å². The lowest BCUT2D eigenvalue weighted by Crippen LogP contribution is -2.15. The number of nitrogens with two attached hydrogens (primary N) is 1. The van der Waals surface area contributed by atoms with Gasteiger partial charge in [-0.3, -0.25) is 4.72 Å². The van der Waals surface area contributed by atoms with E-state index in [9.17, 15) is 8.42 Å². The Labute approximate surface area is 130 Å². The van der Waals surface area contributed by atoms with Crippen molar-refractivity contribution in [1.29, 1.82) is 0 Å². The normalized spacial score (nSPS) is 12.4. The summed E-state index contributed by atoms with van der Waals surface area (Å²) in [6.07, 6.45) is 0. The van der Waals surface area contributed by atoms with Crippen molar-refractivity contribution < 1.29 is 8.42 Å². The zero-order chi connectivity index (χ0) is 15.7. The van der Waals surface area contributed by atoms with Gasteiger partial charge in [-0.25, -0.2) is 8.42 Å². The third kappa shape index (κ3) is 3.64. The van der Waals surface area contributed by atoms with Gasteiger partial charge in [0.25, 0.3) is 10.0 Å². The van der Waals surface area contributed by atoms with Crippen molar-refractivity contribution in [3.8, 4) is 0 Å². The molecule has 0 saturated heterocycles. The molecule has 3 N–H and O–H groups in total. The first-order valence-corrected chi connectivity index (χ1v) is 9.00. The van der Waals surface area contributed by atoms with Gasteiger partial charge in [-0.15, -0.1) is 11.3 Å². The minimum atomic E-state index is -3.58. The van der Waals surface area contributed by atoms with E-state index >= 15 is 0 Å². The molecule has 0 unspecified atom stereocenters. The molecule has 0 aliphatic rings. The molecule has 0 aliphatic heterocycles. The summed E-state index contributed by atoms with van der Waals surface area (Å²) in [4.78, 5) is 0.920. The second-order valence-electron chi connectivity index (χ2n) is 5.85. The highest BCUT2D eigenvalue weighted by molar-refractivity contribution is 7.93. The van der Waals surface area contributed by atoms with Crippen molar-refractivity contribution >= 4 is 27.0 Å². The fourth-order valence-corrected chi connectivity index (χ4v) is 4.36. The maximum absolute atomic E-state index is 12.4. The number of anilines is 1. The highest BCUT2D eigenvalue weighted by Crippen LogP contribution is 2.26. The third-order valence-corrected chi connectivity index (χ3v) is 5.72. The molecule has 0 spiro atoms. The van der Waals surface area contributed by atoms with Crippen LogP contribution in [0.2, 0.25) is 0 Å². The van der Waals surface area contributed by atoms with E-state index in [1.54, 1.807) is 23.6 Å². The van der Waals surface area contributed by atoms with Crippen LogP contribution in [0, 0.1) is 0 Å². The molecule has 114 valence electrons. The Bertz CT molecular complexity index is 711. The highest BCUT2D eigenvalue weighted by Gasteiger charge is 2.19. The highest BCUT2D eigenvalue weighted by atomic mass is 32.2. The summed E-state index contributed by atoms with van der Waals surface area (Å²) in [5.74, 6) is 0. The minimum Gasteiger partial charge on any atom is -0.326 e. The lowest BCUT2D eigenvalue weighted by Gasteiger charge is -2.19. The summed E-state index contributed by atoms with van der Waals surface area (Å²) in [5.41, 5.74) is 7.32. The van der Waals surface area contributed by atoms with E-state index in [4.69, 9.17) is 5.73 Å². The maximum atomic E-state index is 12.4. The molecule has 0 aliphatic carbocycles. The van der Waals surface area contributed by atoms with Crippen LogP contribution in [-0.2, 0) is 22.0 Å². The molecular formula is C15H20N2O2S2. The van der Waals surface area contributed by atoms with Crippen molar-refractivity contribution in [2.75, 3.05) is 4.72 Å². The SMILES string of the molecule is CC(C)(C)c1ccc(NS(=O)(=O)c2ccsc2CN)cc1. The molecule has 2 rings (SSSR count). The van der Waals surface area contributed by atoms with Crippen LogP contribution in [0.4, 0.5) is 5.69 Å². The molecule has 1 aromatic heterocycles. The molecule has 1 heterocycles. The molecule has 0 fully saturated rings. The topological polar surface area (TPSA) is 72.2 Å². The predicted molar refractivity (Wildman–Crippen MR) is 88.2 cm³/mol. The first-order valence-electron chi connectivity index (χ1n) is 6.64. The Kier molecular flexibility index (Phi) is 4.41. The predicted octanol–water partition coefficient (Wildman–Crippen LogP) is 3.31.